The zero-order chi connectivity index (χ0) is 16.5. The predicted octanol–water partition coefficient (Wildman–Crippen LogP) is 3.42. The van der Waals surface area contributed by atoms with Crippen molar-refractivity contribution in [1.29, 1.82) is 0 Å². The molecule has 0 aromatic heterocycles. The van der Waals surface area contributed by atoms with Crippen LogP contribution in [0.5, 0.6) is 5.75 Å². The van der Waals surface area contributed by atoms with E-state index in [1.54, 1.807) is 25.1 Å². The molecule has 2 aromatic rings. The average Bonchev–Trinajstić information content (AvgIpc) is 2.59. The molecule has 23 heavy (non-hydrogen) atoms. The van der Waals surface area contributed by atoms with Crippen molar-refractivity contribution in [2.75, 3.05) is 13.7 Å². The minimum absolute atomic E-state index is 0.290. The molecule has 0 amide bonds. The number of esters is 1. The number of ether oxygens (including phenoxy) is 2. The second-order valence-electron chi connectivity index (χ2n) is 4.64. The molecule has 0 N–H and O–H groups in total. The van der Waals surface area contributed by atoms with Crippen LogP contribution in [-0.4, -0.2) is 25.9 Å². The number of oxime groups is 1. The molecule has 0 saturated heterocycles. The minimum Gasteiger partial charge on any atom is -0.496 e. The van der Waals surface area contributed by atoms with Crippen LogP contribution in [0.3, 0.4) is 0 Å². The molecule has 0 aliphatic rings. The van der Waals surface area contributed by atoms with Gasteiger partial charge in [-0.05, 0) is 18.6 Å². The van der Waals surface area contributed by atoms with Gasteiger partial charge < -0.3 is 14.3 Å². The molecule has 0 aliphatic heterocycles. The van der Waals surface area contributed by atoms with E-state index >= 15 is 0 Å². The highest BCUT2D eigenvalue weighted by atomic mass is 16.6. The van der Waals surface area contributed by atoms with Gasteiger partial charge in [-0.15, -0.1) is 0 Å². The Kier molecular flexibility index (Phi) is 6.17. The summed E-state index contributed by atoms with van der Waals surface area (Å²) in [5, 5.41) is 3.93. The predicted molar refractivity (Wildman–Crippen MR) is 87.8 cm³/mol. The summed E-state index contributed by atoms with van der Waals surface area (Å²) in [6, 6.07) is 14.9. The molecule has 0 spiro atoms. The van der Waals surface area contributed by atoms with Crippen molar-refractivity contribution in [3.05, 3.63) is 65.2 Å². The van der Waals surface area contributed by atoms with Gasteiger partial charge in [0.2, 0.25) is 0 Å². The lowest BCUT2D eigenvalue weighted by Crippen LogP contribution is -2.10. The van der Waals surface area contributed by atoms with Crippen LogP contribution >= 0.6 is 0 Å². The third kappa shape index (κ3) is 4.57. The van der Waals surface area contributed by atoms with Crippen molar-refractivity contribution in [2.24, 2.45) is 5.16 Å². The van der Waals surface area contributed by atoms with Crippen molar-refractivity contribution in [1.82, 2.24) is 0 Å². The van der Waals surface area contributed by atoms with Gasteiger partial charge in [0.1, 0.15) is 17.9 Å². The zero-order valence-electron chi connectivity index (χ0n) is 13.2. The van der Waals surface area contributed by atoms with E-state index in [4.69, 9.17) is 14.3 Å². The molecule has 0 fully saturated rings. The van der Waals surface area contributed by atoms with Crippen LogP contribution in [0, 0.1) is 0 Å². The van der Waals surface area contributed by atoms with Gasteiger partial charge in [-0.3, -0.25) is 0 Å². The molecule has 2 rings (SSSR count). The Morgan fingerprint density at radius 2 is 1.91 bits per heavy atom. The molecule has 0 unspecified atom stereocenters. The summed E-state index contributed by atoms with van der Waals surface area (Å²) in [5.41, 5.74) is 1.93. The second-order valence-corrected chi connectivity index (χ2v) is 4.64. The summed E-state index contributed by atoms with van der Waals surface area (Å²) in [7, 11) is 1.50. The molecule has 0 radical (unpaired) electrons. The number of hydrogen-bond donors (Lipinski definition) is 0. The van der Waals surface area contributed by atoms with Crippen LogP contribution in [0.25, 0.3) is 0 Å². The van der Waals surface area contributed by atoms with Crippen LogP contribution in [0.2, 0.25) is 0 Å². The molecule has 0 atom stereocenters. The Labute approximate surface area is 135 Å². The third-order valence-electron chi connectivity index (χ3n) is 3.10. The zero-order valence-corrected chi connectivity index (χ0v) is 13.2. The fraction of sp³-hybridized carbons (Fsp3) is 0.222. The van der Waals surface area contributed by atoms with Gasteiger partial charge in [0, 0.05) is 5.56 Å². The fourth-order valence-corrected chi connectivity index (χ4v) is 2.03. The first-order valence-corrected chi connectivity index (χ1v) is 7.29. The summed E-state index contributed by atoms with van der Waals surface area (Å²) in [6.45, 7) is 2.40. The average molecular weight is 313 g/mol. The van der Waals surface area contributed by atoms with Gasteiger partial charge in [-0.2, -0.15) is 0 Å². The Morgan fingerprint density at radius 1 is 1.13 bits per heavy atom. The lowest BCUT2D eigenvalue weighted by Gasteiger charge is -2.10. The summed E-state index contributed by atoms with van der Waals surface area (Å²) in [5.74, 6) is -0.00933. The van der Waals surface area contributed by atoms with Gasteiger partial charge in [-0.1, -0.05) is 47.6 Å². The number of nitrogens with zero attached hydrogens (tertiary/aromatic N) is 1. The summed E-state index contributed by atoms with van der Waals surface area (Å²) >= 11 is 0. The third-order valence-corrected chi connectivity index (χ3v) is 3.10. The molecule has 2 aromatic carbocycles. The minimum atomic E-state index is -0.450. The lowest BCUT2D eigenvalue weighted by molar-refractivity contribution is 0.0522. The quantitative estimate of drug-likeness (QED) is 0.446. The maximum atomic E-state index is 12.1. The van der Waals surface area contributed by atoms with Crippen LogP contribution < -0.4 is 4.74 Å². The highest BCUT2D eigenvalue weighted by Crippen LogP contribution is 2.22. The second kappa shape index (κ2) is 8.58. The molecule has 5 heteroatoms. The van der Waals surface area contributed by atoms with E-state index in [0.29, 0.717) is 23.5 Å². The van der Waals surface area contributed by atoms with E-state index in [2.05, 4.69) is 5.16 Å². The monoisotopic (exact) mass is 313 g/mol. The summed E-state index contributed by atoms with van der Waals surface area (Å²) in [4.78, 5) is 17.4. The van der Waals surface area contributed by atoms with Gasteiger partial charge in [0.25, 0.3) is 0 Å². The first kappa shape index (κ1) is 16.5. The van der Waals surface area contributed by atoms with Gasteiger partial charge in [-0.25, -0.2) is 4.79 Å². The molecule has 0 bridgehead atoms. The summed E-state index contributed by atoms with van der Waals surface area (Å²) < 4.78 is 10.3. The molecular formula is C18H19NO4. The topological polar surface area (TPSA) is 57.1 Å². The van der Waals surface area contributed by atoms with Crippen molar-refractivity contribution < 1.29 is 19.1 Å². The Morgan fingerprint density at radius 3 is 2.61 bits per heavy atom. The van der Waals surface area contributed by atoms with Crippen molar-refractivity contribution in [2.45, 2.75) is 13.5 Å². The molecule has 120 valence electrons. The fourth-order valence-electron chi connectivity index (χ4n) is 2.03. The number of methoxy groups -OCH3 is 1. The maximum Gasteiger partial charge on any atom is 0.342 e. The maximum absolute atomic E-state index is 12.1. The molecule has 0 aliphatic carbocycles. The number of carbonyl (C=O) groups is 1. The standard InChI is InChI=1S/C18H19NO4/c1-3-22-18(20)17-15(10-7-11-16(17)21-2)12-19-23-13-14-8-5-4-6-9-14/h4-12H,3,13H2,1-2H3/b19-12+. The van der Waals surface area contributed by atoms with E-state index in [1.807, 2.05) is 30.3 Å². The number of carbonyl (C=O) groups excluding carboxylic acids is 1. The van der Waals surface area contributed by atoms with Crippen LogP contribution in [0.15, 0.2) is 53.7 Å². The smallest absolute Gasteiger partial charge is 0.342 e. The number of rotatable bonds is 7. The Bertz CT molecular complexity index is 668. The molecule has 0 heterocycles. The van der Waals surface area contributed by atoms with E-state index in [0.717, 1.165) is 5.56 Å². The largest absolute Gasteiger partial charge is 0.496 e. The SMILES string of the molecule is CCOC(=O)c1c(/C=N/OCc2ccccc2)cccc1OC. The molecule has 5 nitrogen and oxygen atoms in total. The van der Waals surface area contributed by atoms with Crippen molar-refractivity contribution in [3.8, 4) is 5.75 Å². The van der Waals surface area contributed by atoms with Crippen LogP contribution in [-0.2, 0) is 16.2 Å². The van der Waals surface area contributed by atoms with E-state index in [1.165, 1.54) is 13.3 Å². The molecular weight excluding hydrogens is 294 g/mol. The lowest BCUT2D eigenvalue weighted by atomic mass is 10.1. The van der Waals surface area contributed by atoms with E-state index < -0.39 is 5.97 Å². The van der Waals surface area contributed by atoms with Crippen molar-refractivity contribution >= 4 is 12.2 Å². The van der Waals surface area contributed by atoms with E-state index in [9.17, 15) is 4.79 Å². The van der Waals surface area contributed by atoms with Crippen molar-refractivity contribution in [3.63, 3.8) is 0 Å². The summed E-state index contributed by atoms with van der Waals surface area (Å²) in [6.07, 6.45) is 1.48. The van der Waals surface area contributed by atoms with Crippen LogP contribution in [0.1, 0.15) is 28.4 Å². The Hall–Kier alpha value is -2.82. The highest BCUT2D eigenvalue weighted by molar-refractivity contribution is 6.01. The first-order valence-electron chi connectivity index (χ1n) is 7.29. The van der Waals surface area contributed by atoms with Gasteiger partial charge in [0.05, 0.1) is 19.9 Å². The normalized spacial score (nSPS) is 10.5. The van der Waals surface area contributed by atoms with Gasteiger partial charge >= 0.3 is 5.97 Å². The highest BCUT2D eigenvalue weighted by Gasteiger charge is 2.17. The van der Waals surface area contributed by atoms with Gasteiger partial charge in [0.15, 0.2) is 0 Å². The molecule has 0 saturated carbocycles. The van der Waals surface area contributed by atoms with E-state index in [-0.39, 0.29) is 6.61 Å². The first-order chi connectivity index (χ1) is 11.3. The number of hydrogen-bond acceptors (Lipinski definition) is 5. The number of benzene rings is 2. The van der Waals surface area contributed by atoms with Crippen LogP contribution in [0.4, 0.5) is 0 Å². The Balaban J connectivity index is 2.12.